The lowest BCUT2D eigenvalue weighted by Gasteiger charge is -2.11. The van der Waals surface area contributed by atoms with Gasteiger partial charge in [0.2, 0.25) is 0 Å². The van der Waals surface area contributed by atoms with E-state index >= 15 is 0 Å². The Kier molecular flexibility index (Phi) is 6.16. The van der Waals surface area contributed by atoms with Crippen molar-refractivity contribution in [1.82, 2.24) is 5.32 Å². The fourth-order valence-corrected chi connectivity index (χ4v) is 2.01. The van der Waals surface area contributed by atoms with Crippen LogP contribution >= 0.6 is 0 Å². The van der Waals surface area contributed by atoms with Crippen molar-refractivity contribution >= 4 is 5.97 Å². The molecule has 112 valence electrons. The van der Waals surface area contributed by atoms with Crippen LogP contribution in [0.15, 0.2) is 60.7 Å². The number of rotatable bonds is 7. The molecule has 2 aromatic carbocycles. The fraction of sp³-hybridized carbons (Fsp3) is 0.222. The Morgan fingerprint density at radius 2 is 1.64 bits per heavy atom. The van der Waals surface area contributed by atoms with E-state index in [1.54, 1.807) is 0 Å². The summed E-state index contributed by atoms with van der Waals surface area (Å²) >= 11 is 0. The maximum absolute atomic E-state index is 11.7. The van der Waals surface area contributed by atoms with Gasteiger partial charge in [0.1, 0.15) is 6.61 Å². The smallest absolute Gasteiger partial charge is 0.320 e. The summed E-state index contributed by atoms with van der Waals surface area (Å²) < 4.78 is 5.16. The average Bonchev–Trinajstić information content (AvgIpc) is 2.58. The largest absolute Gasteiger partial charge is 0.460 e. The normalized spacial score (nSPS) is 11.4. The van der Waals surface area contributed by atoms with Crippen LogP contribution in [0.2, 0.25) is 0 Å². The molecule has 4 nitrogen and oxygen atoms in total. The van der Waals surface area contributed by atoms with E-state index in [0.29, 0.717) is 6.42 Å². The summed E-state index contributed by atoms with van der Waals surface area (Å²) in [6, 6.07) is 20.9. The highest BCUT2D eigenvalue weighted by molar-refractivity contribution is 5.71. The molecular formula is C18H18N2O2. The van der Waals surface area contributed by atoms with Crippen LogP contribution in [0, 0.1) is 11.3 Å². The second-order valence-corrected chi connectivity index (χ2v) is 4.90. The lowest BCUT2D eigenvalue weighted by atomic mass is 10.1. The third kappa shape index (κ3) is 5.39. The van der Waals surface area contributed by atoms with Crippen LogP contribution in [0.1, 0.15) is 11.1 Å². The molecule has 0 aromatic heterocycles. The van der Waals surface area contributed by atoms with Crippen molar-refractivity contribution in [1.29, 1.82) is 5.26 Å². The van der Waals surface area contributed by atoms with Gasteiger partial charge >= 0.3 is 5.97 Å². The van der Waals surface area contributed by atoms with Crippen molar-refractivity contribution in [3.05, 3.63) is 71.8 Å². The van der Waals surface area contributed by atoms with Crippen molar-refractivity contribution in [2.24, 2.45) is 0 Å². The SMILES string of the molecule is N#CC(Cc1ccccc1)NCC(=O)OCc1ccccc1. The van der Waals surface area contributed by atoms with Crippen molar-refractivity contribution in [3.63, 3.8) is 0 Å². The summed E-state index contributed by atoms with van der Waals surface area (Å²) in [4.78, 5) is 11.7. The third-order valence-corrected chi connectivity index (χ3v) is 3.17. The number of carbonyl (C=O) groups excluding carboxylic acids is 1. The Morgan fingerprint density at radius 1 is 1.05 bits per heavy atom. The summed E-state index contributed by atoms with van der Waals surface area (Å²) in [6.07, 6.45) is 0.559. The highest BCUT2D eigenvalue weighted by Crippen LogP contribution is 2.03. The zero-order chi connectivity index (χ0) is 15.6. The number of nitrogens with zero attached hydrogens (tertiary/aromatic N) is 1. The van der Waals surface area contributed by atoms with Crippen LogP contribution in [0.4, 0.5) is 0 Å². The van der Waals surface area contributed by atoms with Crippen molar-refractivity contribution in [2.45, 2.75) is 19.1 Å². The van der Waals surface area contributed by atoms with E-state index < -0.39 is 6.04 Å². The van der Waals surface area contributed by atoms with E-state index in [9.17, 15) is 4.79 Å². The van der Waals surface area contributed by atoms with Gasteiger partial charge in [0.25, 0.3) is 0 Å². The van der Waals surface area contributed by atoms with Crippen molar-refractivity contribution in [2.75, 3.05) is 6.54 Å². The minimum atomic E-state index is -0.410. The molecule has 0 aliphatic carbocycles. The molecule has 0 spiro atoms. The lowest BCUT2D eigenvalue weighted by Crippen LogP contribution is -2.35. The molecule has 1 unspecified atom stereocenters. The first-order valence-corrected chi connectivity index (χ1v) is 7.14. The van der Waals surface area contributed by atoms with Gasteiger partial charge in [0.05, 0.1) is 18.7 Å². The highest BCUT2D eigenvalue weighted by Gasteiger charge is 2.11. The fourth-order valence-electron chi connectivity index (χ4n) is 2.01. The predicted molar refractivity (Wildman–Crippen MR) is 83.8 cm³/mol. The zero-order valence-electron chi connectivity index (χ0n) is 12.2. The van der Waals surface area contributed by atoms with Gasteiger partial charge in [-0.15, -0.1) is 0 Å². The second-order valence-electron chi connectivity index (χ2n) is 4.90. The first-order chi connectivity index (χ1) is 10.8. The Bertz CT molecular complexity index is 621. The Labute approximate surface area is 130 Å². The first-order valence-electron chi connectivity index (χ1n) is 7.14. The maximum atomic E-state index is 11.7. The summed E-state index contributed by atoms with van der Waals surface area (Å²) in [7, 11) is 0. The summed E-state index contributed by atoms with van der Waals surface area (Å²) in [5, 5.41) is 12.1. The summed E-state index contributed by atoms with van der Waals surface area (Å²) in [5.41, 5.74) is 2.00. The molecular weight excluding hydrogens is 276 g/mol. The number of nitrogens with one attached hydrogen (secondary N) is 1. The summed E-state index contributed by atoms with van der Waals surface area (Å²) in [6.45, 7) is 0.273. The minimum Gasteiger partial charge on any atom is -0.460 e. The molecule has 0 aliphatic heterocycles. The molecule has 0 amide bonds. The molecule has 0 saturated carbocycles. The number of nitriles is 1. The monoisotopic (exact) mass is 294 g/mol. The number of benzene rings is 2. The molecule has 0 fully saturated rings. The van der Waals surface area contributed by atoms with Crippen LogP contribution in [0.5, 0.6) is 0 Å². The molecule has 2 rings (SSSR count). The molecule has 1 atom stereocenters. The van der Waals surface area contributed by atoms with Crippen LogP contribution in [0.25, 0.3) is 0 Å². The third-order valence-electron chi connectivity index (χ3n) is 3.17. The van der Waals surface area contributed by atoms with E-state index in [-0.39, 0.29) is 19.1 Å². The Balaban J connectivity index is 1.73. The first kappa shape index (κ1) is 15.7. The van der Waals surface area contributed by atoms with E-state index in [2.05, 4.69) is 11.4 Å². The van der Waals surface area contributed by atoms with Gasteiger partial charge in [-0.1, -0.05) is 60.7 Å². The van der Waals surface area contributed by atoms with Gasteiger partial charge in [0.15, 0.2) is 0 Å². The van der Waals surface area contributed by atoms with Gasteiger partial charge < -0.3 is 4.74 Å². The molecule has 2 aromatic rings. The number of hydrogen-bond donors (Lipinski definition) is 1. The molecule has 0 aliphatic rings. The van der Waals surface area contributed by atoms with Gasteiger partial charge in [-0.2, -0.15) is 5.26 Å². The molecule has 22 heavy (non-hydrogen) atoms. The quantitative estimate of drug-likeness (QED) is 0.797. The summed E-state index contributed by atoms with van der Waals surface area (Å²) in [5.74, 6) is -0.364. The van der Waals surface area contributed by atoms with Gasteiger partial charge in [-0.25, -0.2) is 0 Å². The van der Waals surface area contributed by atoms with E-state index in [0.717, 1.165) is 11.1 Å². The van der Waals surface area contributed by atoms with Crippen molar-refractivity contribution in [3.8, 4) is 6.07 Å². The van der Waals surface area contributed by atoms with Crippen LogP contribution in [-0.4, -0.2) is 18.6 Å². The molecule has 0 heterocycles. The zero-order valence-corrected chi connectivity index (χ0v) is 12.2. The van der Waals surface area contributed by atoms with E-state index in [4.69, 9.17) is 10.00 Å². The molecule has 0 saturated heterocycles. The Hall–Kier alpha value is -2.64. The number of hydrogen-bond acceptors (Lipinski definition) is 4. The number of esters is 1. The minimum absolute atomic E-state index is 0.0257. The molecule has 0 radical (unpaired) electrons. The molecule has 4 heteroatoms. The second kappa shape index (κ2) is 8.60. The topological polar surface area (TPSA) is 62.1 Å². The van der Waals surface area contributed by atoms with Crippen molar-refractivity contribution < 1.29 is 9.53 Å². The van der Waals surface area contributed by atoms with Crippen LogP contribution in [0.3, 0.4) is 0 Å². The average molecular weight is 294 g/mol. The lowest BCUT2D eigenvalue weighted by molar-refractivity contribution is -0.143. The van der Waals surface area contributed by atoms with Gasteiger partial charge in [-0.05, 0) is 11.1 Å². The van der Waals surface area contributed by atoms with Gasteiger partial charge in [-0.3, -0.25) is 10.1 Å². The molecule has 0 bridgehead atoms. The van der Waals surface area contributed by atoms with Crippen LogP contribution < -0.4 is 5.32 Å². The molecule has 1 N–H and O–H groups in total. The van der Waals surface area contributed by atoms with Crippen LogP contribution in [-0.2, 0) is 22.6 Å². The number of carbonyl (C=O) groups is 1. The van der Waals surface area contributed by atoms with E-state index in [1.807, 2.05) is 60.7 Å². The Morgan fingerprint density at radius 3 is 2.23 bits per heavy atom. The predicted octanol–water partition coefficient (Wildman–Crippen LogP) is 2.45. The van der Waals surface area contributed by atoms with E-state index in [1.165, 1.54) is 0 Å². The maximum Gasteiger partial charge on any atom is 0.320 e. The standard InChI is InChI=1S/C18H18N2O2/c19-12-17(11-15-7-3-1-4-8-15)20-13-18(21)22-14-16-9-5-2-6-10-16/h1-10,17,20H,11,13-14H2. The van der Waals surface area contributed by atoms with Gasteiger partial charge in [0, 0.05) is 6.42 Å². The number of ether oxygens (including phenoxy) is 1. The highest BCUT2D eigenvalue weighted by atomic mass is 16.5.